The van der Waals surface area contributed by atoms with Crippen molar-refractivity contribution in [3.05, 3.63) is 56.7 Å². The molecule has 0 saturated heterocycles. The van der Waals surface area contributed by atoms with Crippen molar-refractivity contribution in [2.75, 3.05) is 0 Å². The van der Waals surface area contributed by atoms with Gasteiger partial charge in [0.15, 0.2) is 0 Å². The Bertz CT molecular complexity index is 582. The number of aromatic carboxylic acids is 1. The molecule has 1 aromatic heterocycles. The van der Waals surface area contributed by atoms with Crippen molar-refractivity contribution < 1.29 is 9.90 Å². The first-order chi connectivity index (χ1) is 9.08. The van der Waals surface area contributed by atoms with Crippen molar-refractivity contribution in [2.24, 2.45) is 0 Å². The topological polar surface area (TPSA) is 49.3 Å². The van der Waals surface area contributed by atoms with Gasteiger partial charge in [-0.25, -0.2) is 4.79 Å². The lowest BCUT2D eigenvalue weighted by atomic mass is 10.1. The zero-order valence-corrected chi connectivity index (χ0v) is 12.0. The maximum absolute atomic E-state index is 11.0. The Balaban J connectivity index is 2.02. The van der Waals surface area contributed by atoms with Crippen molar-refractivity contribution in [3.63, 3.8) is 0 Å². The van der Waals surface area contributed by atoms with Gasteiger partial charge in [-0.3, -0.25) is 0 Å². The molecule has 100 valence electrons. The van der Waals surface area contributed by atoms with Crippen LogP contribution in [0.4, 0.5) is 0 Å². The predicted molar refractivity (Wildman–Crippen MR) is 78.0 cm³/mol. The molecule has 0 saturated carbocycles. The summed E-state index contributed by atoms with van der Waals surface area (Å²) in [5, 5.41) is 14.8. The second kappa shape index (κ2) is 6.19. The van der Waals surface area contributed by atoms with Crippen LogP contribution in [0.5, 0.6) is 0 Å². The van der Waals surface area contributed by atoms with Gasteiger partial charge >= 0.3 is 5.97 Å². The number of carboxylic acids is 1. The van der Waals surface area contributed by atoms with Crippen LogP contribution in [0, 0.1) is 0 Å². The smallest absolute Gasteiger partial charge is 0.346 e. The van der Waals surface area contributed by atoms with Gasteiger partial charge in [0.25, 0.3) is 0 Å². The standard InChI is InChI=1S/C14H14ClNO2S/c1-9(10-3-2-4-12(15)7-10)16-8-11-5-6-19-13(11)14(17)18/h2-7,9,16H,8H2,1H3,(H,17,18)/t9-/m1/s1. The monoisotopic (exact) mass is 295 g/mol. The van der Waals surface area contributed by atoms with Crippen molar-refractivity contribution in [3.8, 4) is 0 Å². The van der Waals surface area contributed by atoms with Gasteiger partial charge in [-0.05, 0) is 41.6 Å². The lowest BCUT2D eigenvalue weighted by molar-refractivity contribution is 0.0701. The van der Waals surface area contributed by atoms with Crippen LogP contribution in [-0.4, -0.2) is 11.1 Å². The zero-order chi connectivity index (χ0) is 13.8. The summed E-state index contributed by atoms with van der Waals surface area (Å²) in [5.74, 6) is -0.873. The van der Waals surface area contributed by atoms with Crippen molar-refractivity contribution >= 4 is 28.9 Å². The van der Waals surface area contributed by atoms with E-state index >= 15 is 0 Å². The Morgan fingerprint density at radius 2 is 2.26 bits per heavy atom. The molecule has 0 aliphatic heterocycles. The van der Waals surface area contributed by atoms with Gasteiger partial charge in [0, 0.05) is 17.6 Å². The van der Waals surface area contributed by atoms with Gasteiger partial charge < -0.3 is 10.4 Å². The van der Waals surface area contributed by atoms with Crippen LogP contribution in [0.25, 0.3) is 0 Å². The Morgan fingerprint density at radius 3 is 2.95 bits per heavy atom. The van der Waals surface area contributed by atoms with E-state index in [1.165, 1.54) is 11.3 Å². The van der Waals surface area contributed by atoms with E-state index in [4.69, 9.17) is 16.7 Å². The molecule has 0 bridgehead atoms. The van der Waals surface area contributed by atoms with Gasteiger partial charge in [0.05, 0.1) is 0 Å². The van der Waals surface area contributed by atoms with Crippen molar-refractivity contribution in [1.82, 2.24) is 5.32 Å². The van der Waals surface area contributed by atoms with Crippen LogP contribution < -0.4 is 5.32 Å². The fraction of sp³-hybridized carbons (Fsp3) is 0.214. The van der Waals surface area contributed by atoms with Gasteiger partial charge in [0.2, 0.25) is 0 Å². The second-order valence-corrected chi connectivity index (χ2v) is 5.59. The summed E-state index contributed by atoms with van der Waals surface area (Å²) >= 11 is 7.20. The number of thiophene rings is 1. The summed E-state index contributed by atoms with van der Waals surface area (Å²) in [5.41, 5.74) is 1.89. The zero-order valence-electron chi connectivity index (χ0n) is 10.4. The van der Waals surface area contributed by atoms with Crippen LogP contribution >= 0.6 is 22.9 Å². The van der Waals surface area contributed by atoms with Gasteiger partial charge in [-0.2, -0.15) is 0 Å². The van der Waals surface area contributed by atoms with E-state index in [-0.39, 0.29) is 6.04 Å². The highest BCUT2D eigenvalue weighted by atomic mass is 35.5. The fourth-order valence-corrected chi connectivity index (χ4v) is 2.78. The second-order valence-electron chi connectivity index (χ2n) is 4.24. The molecule has 1 heterocycles. The molecule has 1 atom stereocenters. The molecule has 2 rings (SSSR count). The van der Waals surface area contributed by atoms with Crippen LogP contribution in [0.15, 0.2) is 35.7 Å². The van der Waals surface area contributed by atoms with E-state index in [1.54, 1.807) is 5.38 Å². The molecule has 0 amide bonds. The molecule has 2 aromatic rings. The number of carboxylic acid groups (broad SMARTS) is 1. The van der Waals surface area contributed by atoms with E-state index in [1.807, 2.05) is 37.3 Å². The highest BCUT2D eigenvalue weighted by Crippen LogP contribution is 2.20. The average molecular weight is 296 g/mol. The number of nitrogens with one attached hydrogen (secondary N) is 1. The summed E-state index contributed by atoms with van der Waals surface area (Å²) in [6, 6.07) is 9.59. The van der Waals surface area contributed by atoms with E-state index in [0.717, 1.165) is 11.1 Å². The fourth-order valence-electron chi connectivity index (χ4n) is 1.82. The third-order valence-electron chi connectivity index (χ3n) is 2.89. The molecule has 3 nitrogen and oxygen atoms in total. The maximum atomic E-state index is 11.0. The average Bonchev–Trinajstić information content (AvgIpc) is 2.84. The van der Waals surface area contributed by atoms with E-state index in [9.17, 15) is 4.79 Å². The minimum absolute atomic E-state index is 0.111. The number of carbonyl (C=O) groups is 1. The third kappa shape index (κ3) is 3.56. The Kier molecular flexibility index (Phi) is 4.58. The molecule has 2 N–H and O–H groups in total. The maximum Gasteiger partial charge on any atom is 0.346 e. The lowest BCUT2D eigenvalue weighted by Crippen LogP contribution is -2.18. The first-order valence-electron chi connectivity index (χ1n) is 5.86. The highest BCUT2D eigenvalue weighted by Gasteiger charge is 2.12. The molecule has 0 radical (unpaired) electrons. The molecule has 19 heavy (non-hydrogen) atoms. The number of rotatable bonds is 5. The summed E-state index contributed by atoms with van der Waals surface area (Å²) in [6.45, 7) is 2.55. The predicted octanol–water partition coefficient (Wildman–Crippen LogP) is 3.95. The SMILES string of the molecule is C[C@@H](NCc1ccsc1C(=O)O)c1cccc(Cl)c1. The molecule has 0 fully saturated rings. The Morgan fingerprint density at radius 1 is 1.47 bits per heavy atom. The van der Waals surface area contributed by atoms with Gasteiger partial charge in [-0.15, -0.1) is 11.3 Å². The first-order valence-corrected chi connectivity index (χ1v) is 7.12. The largest absolute Gasteiger partial charge is 0.477 e. The minimum Gasteiger partial charge on any atom is -0.477 e. The van der Waals surface area contributed by atoms with Gasteiger partial charge in [0.1, 0.15) is 4.88 Å². The van der Waals surface area contributed by atoms with Crippen molar-refractivity contribution in [1.29, 1.82) is 0 Å². The first kappa shape index (κ1) is 14.1. The van der Waals surface area contributed by atoms with Crippen LogP contribution in [0.2, 0.25) is 5.02 Å². The summed E-state index contributed by atoms with van der Waals surface area (Å²) in [7, 11) is 0. The molecule has 0 aliphatic rings. The highest BCUT2D eigenvalue weighted by molar-refractivity contribution is 7.12. The number of hydrogen-bond acceptors (Lipinski definition) is 3. The lowest BCUT2D eigenvalue weighted by Gasteiger charge is -2.14. The number of halogens is 1. The quantitative estimate of drug-likeness (QED) is 0.878. The van der Waals surface area contributed by atoms with Crippen LogP contribution in [0.3, 0.4) is 0 Å². The summed E-state index contributed by atoms with van der Waals surface area (Å²) in [4.78, 5) is 11.4. The van der Waals surface area contributed by atoms with E-state index < -0.39 is 5.97 Å². The molecular weight excluding hydrogens is 282 g/mol. The molecular formula is C14H14ClNO2S. The van der Waals surface area contributed by atoms with Crippen LogP contribution in [-0.2, 0) is 6.54 Å². The van der Waals surface area contributed by atoms with Crippen molar-refractivity contribution in [2.45, 2.75) is 19.5 Å². The number of hydrogen-bond donors (Lipinski definition) is 2. The third-order valence-corrected chi connectivity index (χ3v) is 4.07. The van der Waals surface area contributed by atoms with Gasteiger partial charge in [-0.1, -0.05) is 23.7 Å². The number of benzene rings is 1. The Hall–Kier alpha value is -1.36. The molecule has 0 spiro atoms. The minimum atomic E-state index is -0.873. The summed E-state index contributed by atoms with van der Waals surface area (Å²) in [6.07, 6.45) is 0. The Labute approximate surface area is 120 Å². The van der Waals surface area contributed by atoms with Crippen LogP contribution in [0.1, 0.15) is 33.8 Å². The summed E-state index contributed by atoms with van der Waals surface area (Å²) < 4.78 is 0. The van der Waals surface area contributed by atoms with E-state index in [2.05, 4.69) is 5.32 Å². The molecule has 5 heteroatoms. The molecule has 0 aliphatic carbocycles. The molecule has 0 unspecified atom stereocenters. The molecule has 1 aromatic carbocycles. The normalized spacial score (nSPS) is 12.3. The van der Waals surface area contributed by atoms with E-state index in [0.29, 0.717) is 16.4 Å².